The lowest BCUT2D eigenvalue weighted by atomic mass is 10.2. The highest BCUT2D eigenvalue weighted by atomic mass is 16.3. The Hall–Kier alpha value is -2.11. The van der Waals surface area contributed by atoms with Gasteiger partial charge in [0.2, 0.25) is 0 Å². The third-order valence-corrected chi connectivity index (χ3v) is 3.88. The number of nitrogens with one attached hydrogen (secondary N) is 1. The summed E-state index contributed by atoms with van der Waals surface area (Å²) in [6.45, 7) is 4.97. The van der Waals surface area contributed by atoms with Gasteiger partial charge in [0.05, 0.1) is 12.1 Å². The Labute approximate surface area is 123 Å². The van der Waals surface area contributed by atoms with Gasteiger partial charge in [0, 0.05) is 13.0 Å². The van der Waals surface area contributed by atoms with Crippen LogP contribution in [-0.4, -0.2) is 20.7 Å². The molecule has 6 heteroatoms. The molecule has 0 fully saturated rings. The molecule has 3 rings (SSSR count). The SMILES string of the molecule is Cc1cc(C(=O)NCc2nnc3n2CCCCC3)c(C)o1. The van der Waals surface area contributed by atoms with Crippen LogP contribution in [0.1, 0.15) is 52.8 Å². The Balaban J connectivity index is 1.69. The van der Waals surface area contributed by atoms with Gasteiger partial charge in [-0.05, 0) is 32.8 Å². The van der Waals surface area contributed by atoms with E-state index in [1.807, 2.05) is 6.92 Å². The third kappa shape index (κ3) is 2.84. The van der Waals surface area contributed by atoms with E-state index < -0.39 is 0 Å². The van der Waals surface area contributed by atoms with Crippen molar-refractivity contribution < 1.29 is 9.21 Å². The Kier molecular flexibility index (Phi) is 3.77. The fraction of sp³-hybridized carbons (Fsp3) is 0.533. The summed E-state index contributed by atoms with van der Waals surface area (Å²) in [4.78, 5) is 12.2. The van der Waals surface area contributed by atoms with E-state index in [2.05, 4.69) is 20.1 Å². The summed E-state index contributed by atoms with van der Waals surface area (Å²) in [5, 5.41) is 11.3. The Morgan fingerprint density at radius 2 is 2.19 bits per heavy atom. The fourth-order valence-electron chi connectivity index (χ4n) is 2.79. The van der Waals surface area contributed by atoms with Gasteiger partial charge in [-0.3, -0.25) is 4.79 Å². The lowest BCUT2D eigenvalue weighted by Gasteiger charge is -2.07. The van der Waals surface area contributed by atoms with E-state index in [1.165, 1.54) is 6.42 Å². The minimum atomic E-state index is -0.129. The van der Waals surface area contributed by atoms with Gasteiger partial charge < -0.3 is 14.3 Å². The van der Waals surface area contributed by atoms with E-state index in [-0.39, 0.29) is 5.91 Å². The second-order valence-corrected chi connectivity index (χ2v) is 5.50. The van der Waals surface area contributed by atoms with Gasteiger partial charge in [0.15, 0.2) is 5.82 Å². The molecular formula is C15H20N4O2. The molecule has 0 saturated carbocycles. The van der Waals surface area contributed by atoms with Gasteiger partial charge in [0.1, 0.15) is 17.3 Å². The predicted molar refractivity (Wildman–Crippen MR) is 76.9 cm³/mol. The molecule has 0 bridgehead atoms. The maximum Gasteiger partial charge on any atom is 0.255 e. The summed E-state index contributed by atoms with van der Waals surface area (Å²) in [5.41, 5.74) is 0.586. The molecule has 0 aliphatic carbocycles. The smallest absolute Gasteiger partial charge is 0.255 e. The molecule has 2 aromatic heterocycles. The van der Waals surface area contributed by atoms with E-state index in [0.29, 0.717) is 17.9 Å². The van der Waals surface area contributed by atoms with Crippen molar-refractivity contribution in [2.45, 2.75) is 52.6 Å². The molecule has 0 unspecified atom stereocenters. The zero-order valence-electron chi connectivity index (χ0n) is 12.5. The number of hydrogen-bond acceptors (Lipinski definition) is 4. The van der Waals surface area contributed by atoms with Gasteiger partial charge in [-0.15, -0.1) is 10.2 Å². The summed E-state index contributed by atoms with van der Waals surface area (Å²) < 4.78 is 7.53. The topological polar surface area (TPSA) is 73.0 Å². The molecule has 0 atom stereocenters. The van der Waals surface area contributed by atoms with Crippen LogP contribution in [0.5, 0.6) is 0 Å². The monoisotopic (exact) mass is 288 g/mol. The van der Waals surface area contributed by atoms with E-state index in [4.69, 9.17) is 4.42 Å². The molecule has 1 aliphatic rings. The number of furan rings is 1. The summed E-state index contributed by atoms with van der Waals surface area (Å²) in [7, 11) is 0. The Bertz CT molecular complexity index is 657. The molecule has 3 heterocycles. The summed E-state index contributed by atoms with van der Waals surface area (Å²) in [6, 6.07) is 1.76. The quantitative estimate of drug-likeness (QED) is 0.939. The first-order chi connectivity index (χ1) is 10.1. The average molecular weight is 288 g/mol. The molecule has 112 valence electrons. The number of carbonyl (C=O) groups excluding carboxylic acids is 1. The van der Waals surface area contributed by atoms with Crippen LogP contribution in [0.3, 0.4) is 0 Å². The molecule has 0 radical (unpaired) electrons. The highest BCUT2D eigenvalue weighted by molar-refractivity contribution is 5.95. The number of rotatable bonds is 3. The van der Waals surface area contributed by atoms with Crippen molar-refractivity contribution in [3.63, 3.8) is 0 Å². The number of aromatic nitrogens is 3. The number of nitrogens with zero attached hydrogens (tertiary/aromatic N) is 3. The minimum Gasteiger partial charge on any atom is -0.466 e. The lowest BCUT2D eigenvalue weighted by Crippen LogP contribution is -2.25. The number of amides is 1. The van der Waals surface area contributed by atoms with Gasteiger partial charge in [-0.25, -0.2) is 0 Å². The predicted octanol–water partition coefficient (Wildman–Crippen LogP) is 2.14. The zero-order valence-corrected chi connectivity index (χ0v) is 12.5. The molecule has 0 spiro atoms. The van der Waals surface area contributed by atoms with Crippen molar-refractivity contribution in [3.8, 4) is 0 Å². The zero-order chi connectivity index (χ0) is 14.8. The normalized spacial score (nSPS) is 14.6. The molecular weight excluding hydrogens is 268 g/mol. The molecule has 21 heavy (non-hydrogen) atoms. The van der Waals surface area contributed by atoms with Crippen LogP contribution in [0, 0.1) is 13.8 Å². The highest BCUT2D eigenvalue weighted by Gasteiger charge is 2.17. The molecule has 6 nitrogen and oxygen atoms in total. The Morgan fingerprint density at radius 1 is 1.33 bits per heavy atom. The highest BCUT2D eigenvalue weighted by Crippen LogP contribution is 2.15. The standard InChI is InChI=1S/C15H20N4O2/c1-10-8-12(11(2)21-10)15(20)16-9-14-18-17-13-6-4-3-5-7-19(13)14/h8H,3-7,9H2,1-2H3,(H,16,20). The van der Waals surface area contributed by atoms with Crippen molar-refractivity contribution in [2.75, 3.05) is 0 Å². The van der Waals surface area contributed by atoms with Crippen LogP contribution in [0.15, 0.2) is 10.5 Å². The second kappa shape index (κ2) is 5.71. The Morgan fingerprint density at radius 3 is 2.95 bits per heavy atom. The number of hydrogen-bond donors (Lipinski definition) is 1. The number of fused-ring (bicyclic) bond motifs is 1. The van der Waals surface area contributed by atoms with Gasteiger partial charge in [0.25, 0.3) is 5.91 Å². The largest absolute Gasteiger partial charge is 0.466 e. The average Bonchev–Trinajstić information content (AvgIpc) is 2.90. The molecule has 1 amide bonds. The molecule has 2 aromatic rings. The van der Waals surface area contributed by atoms with Crippen molar-refractivity contribution >= 4 is 5.91 Å². The van der Waals surface area contributed by atoms with Gasteiger partial charge >= 0.3 is 0 Å². The number of carbonyl (C=O) groups is 1. The van der Waals surface area contributed by atoms with Crippen LogP contribution in [0.4, 0.5) is 0 Å². The maximum atomic E-state index is 12.2. The van der Waals surface area contributed by atoms with E-state index >= 15 is 0 Å². The van der Waals surface area contributed by atoms with Gasteiger partial charge in [-0.1, -0.05) is 6.42 Å². The van der Waals surface area contributed by atoms with Crippen LogP contribution in [0.2, 0.25) is 0 Å². The van der Waals surface area contributed by atoms with Crippen LogP contribution in [0.25, 0.3) is 0 Å². The summed E-state index contributed by atoms with van der Waals surface area (Å²) in [6.07, 6.45) is 4.51. The fourth-order valence-corrected chi connectivity index (χ4v) is 2.79. The first-order valence-electron chi connectivity index (χ1n) is 7.41. The van der Waals surface area contributed by atoms with Crippen molar-refractivity contribution in [2.24, 2.45) is 0 Å². The van der Waals surface area contributed by atoms with Crippen LogP contribution in [-0.2, 0) is 19.5 Å². The molecule has 0 saturated heterocycles. The number of aryl methyl sites for hydroxylation is 3. The van der Waals surface area contributed by atoms with Crippen molar-refractivity contribution in [1.82, 2.24) is 20.1 Å². The van der Waals surface area contributed by atoms with Crippen LogP contribution >= 0.6 is 0 Å². The van der Waals surface area contributed by atoms with Crippen molar-refractivity contribution in [1.29, 1.82) is 0 Å². The summed E-state index contributed by atoms with van der Waals surface area (Å²) >= 11 is 0. The van der Waals surface area contributed by atoms with E-state index in [9.17, 15) is 4.79 Å². The molecule has 1 aliphatic heterocycles. The first-order valence-corrected chi connectivity index (χ1v) is 7.41. The second-order valence-electron chi connectivity index (χ2n) is 5.50. The van der Waals surface area contributed by atoms with E-state index in [0.717, 1.165) is 43.2 Å². The van der Waals surface area contributed by atoms with E-state index in [1.54, 1.807) is 13.0 Å². The van der Waals surface area contributed by atoms with Crippen LogP contribution < -0.4 is 5.32 Å². The molecule has 1 N–H and O–H groups in total. The van der Waals surface area contributed by atoms with Gasteiger partial charge in [-0.2, -0.15) is 0 Å². The van der Waals surface area contributed by atoms with Crippen molar-refractivity contribution in [3.05, 3.63) is 34.8 Å². The first kappa shape index (κ1) is 13.9. The summed E-state index contributed by atoms with van der Waals surface area (Å²) in [5.74, 6) is 3.12. The lowest BCUT2D eigenvalue weighted by molar-refractivity contribution is 0.0948. The third-order valence-electron chi connectivity index (χ3n) is 3.88. The maximum absolute atomic E-state index is 12.2. The minimum absolute atomic E-state index is 0.129. The molecule has 0 aromatic carbocycles.